The van der Waals surface area contributed by atoms with E-state index in [9.17, 15) is 14.0 Å². The van der Waals surface area contributed by atoms with Gasteiger partial charge in [0.05, 0.1) is 19.3 Å². The normalized spacial score (nSPS) is 21.9. The van der Waals surface area contributed by atoms with E-state index in [4.69, 9.17) is 4.74 Å². The minimum Gasteiger partial charge on any atom is -0.378 e. The molecule has 2 fully saturated rings. The fourth-order valence-electron chi connectivity index (χ4n) is 3.75. The summed E-state index contributed by atoms with van der Waals surface area (Å²) in [6.07, 6.45) is 2.27. The summed E-state index contributed by atoms with van der Waals surface area (Å²) in [5, 5.41) is 2.96. The molecular formula is C20H28FN3O3. The molecule has 148 valence electrons. The van der Waals surface area contributed by atoms with Crippen molar-refractivity contribution < 1.29 is 18.7 Å². The standard InChI is InChI=1S/C20H28FN3O3/c1-2-17(20(26)23-10-12-27-13-11-23)22-19(25)18-4-3-9-24(18)14-15-5-7-16(21)8-6-15/h5-8,17-18H,2-4,9-14H2,1H3,(H,22,25). The Bertz CT molecular complexity index is 646. The summed E-state index contributed by atoms with van der Waals surface area (Å²) in [5.74, 6) is -0.387. The average Bonchev–Trinajstić information content (AvgIpc) is 3.16. The van der Waals surface area contributed by atoms with Gasteiger partial charge in [0.25, 0.3) is 0 Å². The van der Waals surface area contributed by atoms with E-state index in [2.05, 4.69) is 10.2 Å². The maximum absolute atomic E-state index is 13.1. The van der Waals surface area contributed by atoms with Crippen LogP contribution in [0.4, 0.5) is 4.39 Å². The minimum absolute atomic E-state index is 0.0303. The highest BCUT2D eigenvalue weighted by Crippen LogP contribution is 2.21. The van der Waals surface area contributed by atoms with Crippen LogP contribution in [0.25, 0.3) is 0 Å². The summed E-state index contributed by atoms with van der Waals surface area (Å²) in [6.45, 7) is 5.58. The number of hydrogen-bond donors (Lipinski definition) is 1. The number of halogens is 1. The van der Waals surface area contributed by atoms with E-state index in [0.717, 1.165) is 24.9 Å². The van der Waals surface area contributed by atoms with Crippen molar-refractivity contribution >= 4 is 11.8 Å². The highest BCUT2D eigenvalue weighted by Gasteiger charge is 2.33. The van der Waals surface area contributed by atoms with Gasteiger partial charge in [-0.3, -0.25) is 14.5 Å². The van der Waals surface area contributed by atoms with Crippen molar-refractivity contribution in [2.24, 2.45) is 0 Å². The molecule has 27 heavy (non-hydrogen) atoms. The van der Waals surface area contributed by atoms with Crippen LogP contribution in [0, 0.1) is 5.82 Å². The molecule has 1 aromatic rings. The van der Waals surface area contributed by atoms with Crippen molar-refractivity contribution in [2.45, 2.75) is 44.8 Å². The van der Waals surface area contributed by atoms with Gasteiger partial charge in [0.1, 0.15) is 11.9 Å². The Kier molecular flexibility index (Phi) is 6.79. The number of benzene rings is 1. The lowest BCUT2D eigenvalue weighted by atomic mass is 10.1. The quantitative estimate of drug-likeness (QED) is 0.817. The van der Waals surface area contributed by atoms with E-state index < -0.39 is 6.04 Å². The molecular weight excluding hydrogens is 349 g/mol. The minimum atomic E-state index is -0.496. The molecule has 0 bridgehead atoms. The maximum Gasteiger partial charge on any atom is 0.245 e. The highest BCUT2D eigenvalue weighted by atomic mass is 19.1. The van der Waals surface area contributed by atoms with Gasteiger partial charge in [-0.1, -0.05) is 19.1 Å². The SMILES string of the molecule is CCC(NC(=O)C1CCCN1Cc1ccc(F)cc1)C(=O)N1CCOCC1. The van der Waals surface area contributed by atoms with Gasteiger partial charge in [0.15, 0.2) is 0 Å². The molecule has 2 unspecified atom stereocenters. The van der Waals surface area contributed by atoms with Crippen LogP contribution in [0.1, 0.15) is 31.7 Å². The Hall–Kier alpha value is -1.99. The second kappa shape index (κ2) is 9.28. The fraction of sp³-hybridized carbons (Fsp3) is 0.600. The molecule has 1 N–H and O–H groups in total. The van der Waals surface area contributed by atoms with E-state index in [0.29, 0.717) is 39.3 Å². The van der Waals surface area contributed by atoms with Crippen molar-refractivity contribution in [3.63, 3.8) is 0 Å². The van der Waals surface area contributed by atoms with Crippen LogP contribution in [-0.4, -0.2) is 66.5 Å². The fourth-order valence-corrected chi connectivity index (χ4v) is 3.75. The first-order chi connectivity index (χ1) is 13.1. The predicted molar refractivity (Wildman–Crippen MR) is 99.5 cm³/mol. The van der Waals surface area contributed by atoms with Gasteiger partial charge in [-0.2, -0.15) is 0 Å². The predicted octanol–water partition coefficient (Wildman–Crippen LogP) is 1.54. The number of carbonyl (C=O) groups excluding carboxylic acids is 2. The molecule has 2 amide bonds. The summed E-state index contributed by atoms with van der Waals surface area (Å²) in [4.78, 5) is 29.4. The van der Waals surface area contributed by atoms with Gasteiger partial charge in [-0.05, 0) is 43.5 Å². The lowest BCUT2D eigenvalue weighted by molar-refractivity contribution is -0.140. The van der Waals surface area contributed by atoms with E-state index in [1.807, 2.05) is 6.92 Å². The zero-order valence-electron chi connectivity index (χ0n) is 15.8. The van der Waals surface area contributed by atoms with Crippen LogP contribution in [0.5, 0.6) is 0 Å². The smallest absolute Gasteiger partial charge is 0.245 e. The summed E-state index contributed by atoms with van der Waals surface area (Å²) < 4.78 is 18.4. The Morgan fingerprint density at radius 3 is 2.59 bits per heavy atom. The molecule has 6 nitrogen and oxygen atoms in total. The van der Waals surface area contributed by atoms with E-state index in [1.54, 1.807) is 17.0 Å². The van der Waals surface area contributed by atoms with Gasteiger partial charge in [0, 0.05) is 19.6 Å². The van der Waals surface area contributed by atoms with Gasteiger partial charge in [0.2, 0.25) is 11.8 Å². The summed E-state index contributed by atoms with van der Waals surface area (Å²) in [6, 6.07) is 5.63. The second-order valence-electron chi connectivity index (χ2n) is 7.16. The summed E-state index contributed by atoms with van der Waals surface area (Å²) in [5.41, 5.74) is 0.979. The maximum atomic E-state index is 13.1. The molecule has 0 aliphatic carbocycles. The molecule has 0 spiro atoms. The monoisotopic (exact) mass is 377 g/mol. The number of rotatable bonds is 6. The lowest BCUT2D eigenvalue weighted by Gasteiger charge is -2.31. The molecule has 2 aliphatic rings. The van der Waals surface area contributed by atoms with Gasteiger partial charge >= 0.3 is 0 Å². The van der Waals surface area contributed by atoms with Crippen LogP contribution >= 0.6 is 0 Å². The summed E-state index contributed by atoms with van der Waals surface area (Å²) in [7, 11) is 0. The number of ether oxygens (including phenoxy) is 1. The topological polar surface area (TPSA) is 61.9 Å². The molecule has 0 radical (unpaired) electrons. The largest absolute Gasteiger partial charge is 0.378 e. The first-order valence-corrected chi connectivity index (χ1v) is 9.74. The Balaban J connectivity index is 1.59. The van der Waals surface area contributed by atoms with Crippen LogP contribution in [0.15, 0.2) is 24.3 Å². The Morgan fingerprint density at radius 2 is 1.93 bits per heavy atom. The Labute approximate surface area is 159 Å². The molecule has 1 aromatic carbocycles. The third-order valence-corrected chi connectivity index (χ3v) is 5.31. The number of carbonyl (C=O) groups is 2. The number of nitrogens with one attached hydrogen (secondary N) is 1. The zero-order chi connectivity index (χ0) is 19.2. The highest BCUT2D eigenvalue weighted by molar-refractivity contribution is 5.90. The number of amides is 2. The van der Waals surface area contributed by atoms with Crippen molar-refractivity contribution in [2.75, 3.05) is 32.8 Å². The first kappa shape index (κ1) is 19.8. The van der Waals surface area contributed by atoms with E-state index >= 15 is 0 Å². The first-order valence-electron chi connectivity index (χ1n) is 9.74. The van der Waals surface area contributed by atoms with Crippen molar-refractivity contribution in [1.29, 1.82) is 0 Å². The molecule has 2 heterocycles. The van der Waals surface area contributed by atoms with Crippen LogP contribution < -0.4 is 5.32 Å². The Morgan fingerprint density at radius 1 is 1.22 bits per heavy atom. The number of nitrogens with zero attached hydrogens (tertiary/aromatic N) is 2. The van der Waals surface area contributed by atoms with Gasteiger partial charge < -0.3 is 15.0 Å². The molecule has 2 atom stereocenters. The van der Waals surface area contributed by atoms with Crippen LogP contribution in [0.2, 0.25) is 0 Å². The lowest BCUT2D eigenvalue weighted by Crippen LogP contribution is -2.54. The van der Waals surface area contributed by atoms with Crippen molar-refractivity contribution in [3.05, 3.63) is 35.6 Å². The van der Waals surface area contributed by atoms with Gasteiger partial charge in [-0.25, -0.2) is 4.39 Å². The van der Waals surface area contributed by atoms with Crippen LogP contribution in [-0.2, 0) is 20.9 Å². The van der Waals surface area contributed by atoms with Gasteiger partial charge in [-0.15, -0.1) is 0 Å². The van der Waals surface area contributed by atoms with Crippen molar-refractivity contribution in [3.8, 4) is 0 Å². The molecule has 0 aromatic heterocycles. The third-order valence-electron chi connectivity index (χ3n) is 5.31. The number of hydrogen-bond acceptors (Lipinski definition) is 4. The zero-order valence-corrected chi connectivity index (χ0v) is 15.8. The average molecular weight is 377 g/mol. The molecule has 2 saturated heterocycles. The number of likely N-dealkylation sites (tertiary alicyclic amines) is 1. The molecule has 7 heteroatoms. The number of morpholine rings is 1. The van der Waals surface area contributed by atoms with Crippen LogP contribution in [0.3, 0.4) is 0 Å². The second-order valence-corrected chi connectivity index (χ2v) is 7.16. The van der Waals surface area contributed by atoms with E-state index in [-0.39, 0.29) is 23.7 Å². The molecule has 3 rings (SSSR count). The molecule has 0 saturated carbocycles. The van der Waals surface area contributed by atoms with E-state index in [1.165, 1.54) is 12.1 Å². The summed E-state index contributed by atoms with van der Waals surface area (Å²) >= 11 is 0. The van der Waals surface area contributed by atoms with Crippen molar-refractivity contribution in [1.82, 2.24) is 15.1 Å². The molecule has 2 aliphatic heterocycles. The third kappa shape index (κ3) is 5.05.